The molecule has 0 radical (unpaired) electrons. The number of hydrogen-bond donors (Lipinski definition) is 11. The van der Waals surface area contributed by atoms with Crippen LogP contribution in [0, 0.1) is 0 Å². The molecule has 0 spiro atoms. The first kappa shape index (κ1) is 34.8. The molecule has 2 aliphatic heterocycles. The quantitative estimate of drug-likeness (QED) is 0.0786. The molecule has 0 unspecified atom stereocenters. The van der Waals surface area contributed by atoms with Crippen molar-refractivity contribution in [2.24, 2.45) is 34.4 Å². The molecule has 16 nitrogen and oxygen atoms in total. The standard InChI is InChI=1S/C25H53N7O9/c26-4-2-1-3-5-32-6-7-37-23-21(40-24-14(30)9-15(34)16(10-27)38-24)12(28)8-13(29)22(23)41-25-20(36)18(31)19(35)17(11-33)39-25/h12-25,32-36H,1-11,26-31H2/t12-,13+,14+,15-,16+,17+,18-,19+,20+,21+,22-,23-,24+,25+/m0/s1. The molecule has 1 aliphatic carbocycles. The van der Waals surface area contributed by atoms with Crippen LogP contribution in [0.2, 0.25) is 0 Å². The Morgan fingerprint density at radius 2 is 1.39 bits per heavy atom. The zero-order valence-electron chi connectivity index (χ0n) is 23.7. The van der Waals surface area contributed by atoms with Crippen LogP contribution in [0.5, 0.6) is 0 Å². The first-order chi connectivity index (χ1) is 19.6. The molecule has 2 saturated heterocycles. The van der Waals surface area contributed by atoms with Gasteiger partial charge >= 0.3 is 0 Å². The van der Waals surface area contributed by atoms with Crippen molar-refractivity contribution in [3.63, 3.8) is 0 Å². The predicted molar refractivity (Wildman–Crippen MR) is 148 cm³/mol. The van der Waals surface area contributed by atoms with Crippen molar-refractivity contribution in [3.8, 4) is 0 Å². The first-order valence-corrected chi connectivity index (χ1v) is 14.6. The van der Waals surface area contributed by atoms with E-state index < -0.39 is 92.2 Å². The van der Waals surface area contributed by atoms with Crippen LogP contribution in [-0.4, -0.2) is 145 Å². The number of aliphatic hydroxyl groups excluding tert-OH is 4. The van der Waals surface area contributed by atoms with Crippen LogP contribution in [0.4, 0.5) is 0 Å². The molecule has 0 aromatic heterocycles. The number of nitrogens with one attached hydrogen (secondary N) is 1. The Balaban J connectivity index is 1.75. The van der Waals surface area contributed by atoms with Gasteiger partial charge in [-0.05, 0) is 38.8 Å². The minimum atomic E-state index is -1.41. The Kier molecular flexibility index (Phi) is 14.5. The first-order valence-electron chi connectivity index (χ1n) is 14.6. The second kappa shape index (κ2) is 17.0. The van der Waals surface area contributed by atoms with Gasteiger partial charge in [-0.1, -0.05) is 6.42 Å². The highest BCUT2D eigenvalue weighted by Crippen LogP contribution is 2.32. The lowest BCUT2D eigenvalue weighted by Gasteiger charge is -2.49. The fourth-order valence-corrected chi connectivity index (χ4v) is 5.56. The molecule has 242 valence electrons. The van der Waals surface area contributed by atoms with E-state index in [1.54, 1.807) is 0 Å². The van der Waals surface area contributed by atoms with Crippen LogP contribution in [-0.2, 0) is 23.7 Å². The minimum absolute atomic E-state index is 0.0764. The molecule has 16 heteroatoms. The minimum Gasteiger partial charge on any atom is -0.394 e. The summed E-state index contributed by atoms with van der Waals surface area (Å²) in [7, 11) is 0. The van der Waals surface area contributed by atoms with E-state index in [4.69, 9.17) is 58.1 Å². The van der Waals surface area contributed by atoms with Crippen LogP contribution in [0.1, 0.15) is 32.1 Å². The van der Waals surface area contributed by atoms with Gasteiger partial charge in [-0.25, -0.2) is 0 Å². The Bertz CT molecular complexity index is 748. The fraction of sp³-hybridized carbons (Fsp3) is 1.00. The fourth-order valence-electron chi connectivity index (χ4n) is 5.56. The molecular formula is C25H53N7O9. The highest BCUT2D eigenvalue weighted by molar-refractivity contribution is 5.02. The van der Waals surface area contributed by atoms with E-state index in [9.17, 15) is 20.4 Å². The zero-order valence-corrected chi connectivity index (χ0v) is 23.7. The predicted octanol–water partition coefficient (Wildman–Crippen LogP) is -5.55. The summed E-state index contributed by atoms with van der Waals surface area (Å²) in [5.41, 5.74) is 36.6. The molecule has 17 N–H and O–H groups in total. The second-order valence-electron chi connectivity index (χ2n) is 11.2. The summed E-state index contributed by atoms with van der Waals surface area (Å²) >= 11 is 0. The van der Waals surface area contributed by atoms with Crippen LogP contribution in [0.15, 0.2) is 0 Å². The van der Waals surface area contributed by atoms with Crippen molar-refractivity contribution >= 4 is 0 Å². The summed E-state index contributed by atoms with van der Waals surface area (Å²) in [5.74, 6) is 0. The smallest absolute Gasteiger partial charge is 0.186 e. The third-order valence-electron chi connectivity index (χ3n) is 8.04. The van der Waals surface area contributed by atoms with Crippen LogP contribution in [0.3, 0.4) is 0 Å². The SMILES string of the molecule is NCCCCCNCCO[C@@H]1[C@@H](O[C@H]2O[C@H](CO)[C@@H](O)[C@H](N)[C@H]2O)[C@H](N)C[C@H](N)[C@H]1O[C@H]1O[C@H](CN)[C@@H](O)C[C@H]1N. The van der Waals surface area contributed by atoms with Crippen molar-refractivity contribution < 1.29 is 44.1 Å². The van der Waals surface area contributed by atoms with Crippen molar-refractivity contribution in [3.05, 3.63) is 0 Å². The highest BCUT2D eigenvalue weighted by Gasteiger charge is 2.51. The summed E-state index contributed by atoms with van der Waals surface area (Å²) in [6, 6.07) is -3.02. The van der Waals surface area contributed by atoms with E-state index in [2.05, 4.69) is 5.32 Å². The summed E-state index contributed by atoms with van der Waals surface area (Å²) < 4.78 is 30.3. The molecule has 3 fully saturated rings. The second-order valence-corrected chi connectivity index (χ2v) is 11.2. The van der Waals surface area contributed by atoms with Gasteiger partial charge in [0.1, 0.15) is 36.6 Å². The number of rotatable bonds is 15. The topological polar surface area (TPSA) is 295 Å². The van der Waals surface area contributed by atoms with Gasteiger partial charge < -0.3 is 83.8 Å². The van der Waals surface area contributed by atoms with Gasteiger partial charge in [-0.2, -0.15) is 0 Å². The maximum absolute atomic E-state index is 10.7. The van der Waals surface area contributed by atoms with Gasteiger partial charge in [-0.3, -0.25) is 0 Å². The van der Waals surface area contributed by atoms with Crippen LogP contribution in [0.25, 0.3) is 0 Å². The number of unbranched alkanes of at least 4 members (excludes halogenated alkanes) is 2. The molecule has 0 bridgehead atoms. The number of nitrogens with two attached hydrogens (primary N) is 6. The Hall–Kier alpha value is -0.640. The zero-order chi connectivity index (χ0) is 30.1. The molecule has 41 heavy (non-hydrogen) atoms. The lowest BCUT2D eigenvalue weighted by atomic mass is 9.84. The average molecular weight is 596 g/mol. The summed E-state index contributed by atoms with van der Waals surface area (Å²) in [4.78, 5) is 0. The van der Waals surface area contributed by atoms with Gasteiger partial charge in [0.05, 0.1) is 37.5 Å². The van der Waals surface area contributed by atoms with E-state index in [0.717, 1.165) is 25.8 Å². The molecule has 3 aliphatic rings. The van der Waals surface area contributed by atoms with Gasteiger partial charge in [0.2, 0.25) is 0 Å². The highest BCUT2D eigenvalue weighted by atomic mass is 16.7. The normalized spacial score (nSPS) is 43.8. The monoisotopic (exact) mass is 595 g/mol. The van der Waals surface area contributed by atoms with Crippen molar-refractivity contribution in [2.75, 3.05) is 39.4 Å². The Morgan fingerprint density at radius 3 is 2.02 bits per heavy atom. The average Bonchev–Trinajstić information content (AvgIpc) is 2.94. The van der Waals surface area contributed by atoms with Crippen molar-refractivity contribution in [2.45, 2.75) is 118 Å². The molecule has 14 atom stereocenters. The van der Waals surface area contributed by atoms with Gasteiger partial charge in [-0.15, -0.1) is 0 Å². The Labute approximate surface area is 241 Å². The molecule has 1 saturated carbocycles. The maximum atomic E-state index is 10.7. The van der Waals surface area contributed by atoms with Crippen molar-refractivity contribution in [1.82, 2.24) is 5.32 Å². The largest absolute Gasteiger partial charge is 0.394 e. The molecule has 0 amide bonds. The van der Waals surface area contributed by atoms with E-state index in [-0.39, 0.29) is 26.0 Å². The lowest BCUT2D eigenvalue weighted by Crippen LogP contribution is -2.68. The summed E-state index contributed by atoms with van der Waals surface area (Å²) in [5, 5.41) is 44.2. The number of hydrogen-bond acceptors (Lipinski definition) is 16. The molecular weight excluding hydrogens is 542 g/mol. The molecule has 3 rings (SSSR count). The van der Waals surface area contributed by atoms with Gasteiger partial charge in [0.15, 0.2) is 12.6 Å². The van der Waals surface area contributed by atoms with E-state index >= 15 is 0 Å². The van der Waals surface area contributed by atoms with E-state index in [1.807, 2.05) is 0 Å². The third kappa shape index (κ3) is 9.18. The summed E-state index contributed by atoms with van der Waals surface area (Å²) in [6.45, 7) is 1.79. The summed E-state index contributed by atoms with van der Waals surface area (Å²) in [6.07, 6.45) is -6.58. The van der Waals surface area contributed by atoms with Gasteiger partial charge in [0, 0.05) is 25.2 Å². The van der Waals surface area contributed by atoms with Crippen LogP contribution < -0.4 is 39.7 Å². The van der Waals surface area contributed by atoms with E-state index in [1.165, 1.54) is 0 Å². The van der Waals surface area contributed by atoms with Crippen LogP contribution >= 0.6 is 0 Å². The van der Waals surface area contributed by atoms with Gasteiger partial charge in [0.25, 0.3) is 0 Å². The molecule has 2 heterocycles. The maximum Gasteiger partial charge on any atom is 0.186 e. The molecule has 0 aromatic rings. The Morgan fingerprint density at radius 1 is 0.732 bits per heavy atom. The molecule has 0 aromatic carbocycles. The van der Waals surface area contributed by atoms with Crippen molar-refractivity contribution in [1.29, 1.82) is 0 Å². The number of aliphatic hydroxyl groups is 4. The third-order valence-corrected chi connectivity index (χ3v) is 8.04. The number of ether oxygens (including phenoxy) is 5. The lowest BCUT2D eigenvalue weighted by molar-refractivity contribution is -0.318. The van der Waals surface area contributed by atoms with E-state index in [0.29, 0.717) is 13.1 Å².